The Balaban J connectivity index is 1.69. The quantitative estimate of drug-likeness (QED) is 0.862. The number of fused-ring (bicyclic) bond motifs is 1. The number of amides is 1. The number of nitrogens with one attached hydrogen (secondary N) is 1. The first-order valence-electron chi connectivity index (χ1n) is 7.67. The van der Waals surface area contributed by atoms with Crippen molar-refractivity contribution in [3.8, 4) is 0 Å². The Labute approximate surface area is 134 Å². The minimum absolute atomic E-state index is 0.0473. The fourth-order valence-corrected chi connectivity index (χ4v) is 3.50. The number of hydrogen-bond donors (Lipinski definition) is 1. The molecule has 2 aliphatic rings. The smallest absolute Gasteiger partial charge is 0.265 e. The third-order valence-corrected chi connectivity index (χ3v) is 4.62. The summed E-state index contributed by atoms with van der Waals surface area (Å²) in [6.45, 7) is 3.49. The van der Waals surface area contributed by atoms with Gasteiger partial charge in [0.15, 0.2) is 11.6 Å². The first-order valence-corrected chi connectivity index (χ1v) is 7.67. The second-order valence-electron chi connectivity index (χ2n) is 6.25. The Bertz CT molecular complexity index is 635. The topological polar surface area (TPSA) is 47.9 Å². The van der Waals surface area contributed by atoms with Crippen LogP contribution in [0.5, 0.6) is 0 Å². The van der Waals surface area contributed by atoms with Crippen LogP contribution in [0.4, 0.5) is 20.2 Å². The summed E-state index contributed by atoms with van der Waals surface area (Å²) in [6, 6.07) is 2.35. The van der Waals surface area contributed by atoms with E-state index in [0.717, 1.165) is 32.2 Å². The molecule has 2 unspecified atom stereocenters. The van der Waals surface area contributed by atoms with Gasteiger partial charge in [-0.2, -0.15) is 0 Å². The first kappa shape index (κ1) is 15.9. The minimum atomic E-state index is -0.992. The van der Waals surface area contributed by atoms with Gasteiger partial charge in [-0.1, -0.05) is 0 Å². The van der Waals surface area contributed by atoms with Gasteiger partial charge in [-0.3, -0.25) is 4.79 Å². The molecule has 2 atom stereocenters. The molecule has 1 aromatic rings. The molecule has 0 bridgehead atoms. The summed E-state index contributed by atoms with van der Waals surface area (Å²) >= 11 is 0. The van der Waals surface area contributed by atoms with Gasteiger partial charge in [0, 0.05) is 33.2 Å². The Morgan fingerprint density at radius 3 is 2.52 bits per heavy atom. The van der Waals surface area contributed by atoms with E-state index in [1.807, 2.05) is 0 Å². The van der Waals surface area contributed by atoms with Crippen LogP contribution in [-0.4, -0.2) is 62.2 Å². The number of anilines is 1. The lowest BCUT2D eigenvalue weighted by Gasteiger charge is -2.17. The number of nitrogens with zero attached hydrogens (tertiary/aromatic N) is 3. The zero-order valence-electron chi connectivity index (χ0n) is 13.2. The molecule has 7 heteroatoms. The minimum Gasteiger partial charge on any atom is -0.384 e. The van der Waals surface area contributed by atoms with Crippen molar-refractivity contribution in [1.29, 1.82) is 0 Å². The number of rotatable bonds is 3. The van der Waals surface area contributed by atoms with Crippen molar-refractivity contribution in [2.24, 2.45) is 16.8 Å². The van der Waals surface area contributed by atoms with Gasteiger partial charge in [-0.15, -0.1) is 0 Å². The van der Waals surface area contributed by atoms with Gasteiger partial charge in [-0.25, -0.2) is 13.8 Å². The summed E-state index contributed by atoms with van der Waals surface area (Å²) in [5.74, 6) is -1.08. The first-order chi connectivity index (χ1) is 11.0. The van der Waals surface area contributed by atoms with E-state index in [-0.39, 0.29) is 17.3 Å². The molecule has 0 aliphatic carbocycles. The van der Waals surface area contributed by atoms with E-state index in [4.69, 9.17) is 0 Å². The number of carbonyl (C=O) groups is 1. The normalized spacial score (nSPS) is 24.4. The summed E-state index contributed by atoms with van der Waals surface area (Å²) < 4.78 is 26.9. The molecule has 124 valence electrons. The third-order valence-electron chi connectivity index (χ3n) is 4.62. The predicted octanol–water partition coefficient (Wildman–Crippen LogP) is 1.73. The molecular weight excluding hydrogens is 302 g/mol. The monoisotopic (exact) mass is 322 g/mol. The molecule has 2 aliphatic heterocycles. The Morgan fingerprint density at radius 2 is 1.91 bits per heavy atom. The maximum Gasteiger partial charge on any atom is 0.265 e. The predicted molar refractivity (Wildman–Crippen MR) is 85.1 cm³/mol. The van der Waals surface area contributed by atoms with E-state index >= 15 is 0 Å². The lowest BCUT2D eigenvalue weighted by atomic mass is 10.0. The van der Waals surface area contributed by atoms with E-state index in [2.05, 4.69) is 22.3 Å². The van der Waals surface area contributed by atoms with Crippen LogP contribution < -0.4 is 5.32 Å². The van der Waals surface area contributed by atoms with Gasteiger partial charge in [0.25, 0.3) is 5.91 Å². The van der Waals surface area contributed by atoms with Crippen molar-refractivity contribution >= 4 is 23.5 Å². The maximum atomic E-state index is 13.7. The van der Waals surface area contributed by atoms with E-state index in [0.29, 0.717) is 11.8 Å². The molecule has 0 aromatic heterocycles. The molecule has 2 fully saturated rings. The number of carbonyl (C=O) groups excluding carboxylic acids is 1. The van der Waals surface area contributed by atoms with Crippen LogP contribution in [0.2, 0.25) is 0 Å². The van der Waals surface area contributed by atoms with Crippen LogP contribution in [0.15, 0.2) is 17.1 Å². The molecule has 3 rings (SSSR count). The summed E-state index contributed by atoms with van der Waals surface area (Å²) in [4.78, 5) is 20.4. The van der Waals surface area contributed by atoms with E-state index in [1.54, 1.807) is 4.90 Å². The Kier molecular flexibility index (Phi) is 4.30. The van der Waals surface area contributed by atoms with E-state index in [1.165, 1.54) is 19.3 Å². The number of aliphatic imine (C=N–C) groups is 1. The zero-order valence-corrected chi connectivity index (χ0v) is 13.2. The fraction of sp³-hybridized carbons (Fsp3) is 0.500. The van der Waals surface area contributed by atoms with Crippen LogP contribution in [0, 0.1) is 23.5 Å². The Hall–Kier alpha value is -2.02. The van der Waals surface area contributed by atoms with Crippen molar-refractivity contribution in [1.82, 2.24) is 9.80 Å². The standard InChI is InChI=1S/C16H20F2N4O/c1-19-16-13(4-3-12(17)15(16)18)20-5-14(23)22-8-10-6-21(2)7-11(10)9-22/h3-5,10-11,19H,6-9H2,1-2H3. The van der Waals surface area contributed by atoms with E-state index < -0.39 is 11.6 Å². The number of likely N-dealkylation sites (tertiary alicyclic amines) is 2. The van der Waals surface area contributed by atoms with E-state index in [9.17, 15) is 13.6 Å². The maximum absolute atomic E-state index is 13.7. The second-order valence-corrected chi connectivity index (χ2v) is 6.25. The van der Waals surface area contributed by atoms with Crippen LogP contribution in [-0.2, 0) is 4.79 Å². The van der Waals surface area contributed by atoms with Crippen molar-refractivity contribution in [3.05, 3.63) is 23.8 Å². The van der Waals surface area contributed by atoms with Crippen LogP contribution in [0.3, 0.4) is 0 Å². The molecule has 0 saturated carbocycles. The zero-order chi connectivity index (χ0) is 16.6. The molecule has 1 N–H and O–H groups in total. The molecule has 1 amide bonds. The lowest BCUT2D eigenvalue weighted by Crippen LogP contribution is -2.32. The fourth-order valence-electron chi connectivity index (χ4n) is 3.50. The highest BCUT2D eigenvalue weighted by atomic mass is 19.2. The van der Waals surface area contributed by atoms with Gasteiger partial charge in [-0.05, 0) is 31.0 Å². The molecular formula is C16H20F2N4O. The molecule has 0 radical (unpaired) electrons. The summed E-state index contributed by atoms with van der Waals surface area (Å²) in [6.07, 6.45) is 1.19. The molecule has 23 heavy (non-hydrogen) atoms. The molecule has 5 nitrogen and oxygen atoms in total. The van der Waals surface area contributed by atoms with Gasteiger partial charge in [0.1, 0.15) is 0 Å². The molecule has 2 saturated heterocycles. The van der Waals surface area contributed by atoms with Crippen molar-refractivity contribution in [2.45, 2.75) is 0 Å². The average Bonchev–Trinajstić information content (AvgIpc) is 3.05. The Morgan fingerprint density at radius 1 is 1.26 bits per heavy atom. The third kappa shape index (κ3) is 3.06. The molecule has 1 aromatic carbocycles. The largest absolute Gasteiger partial charge is 0.384 e. The average molecular weight is 322 g/mol. The van der Waals surface area contributed by atoms with Gasteiger partial charge in [0.2, 0.25) is 0 Å². The second kappa shape index (κ2) is 6.23. The number of benzene rings is 1. The molecule has 0 spiro atoms. The van der Waals surface area contributed by atoms with Gasteiger partial charge in [0.05, 0.1) is 17.6 Å². The molecule has 2 heterocycles. The van der Waals surface area contributed by atoms with Gasteiger partial charge >= 0.3 is 0 Å². The van der Waals surface area contributed by atoms with Crippen LogP contribution in [0.25, 0.3) is 0 Å². The summed E-state index contributed by atoms with van der Waals surface area (Å²) in [5.41, 5.74) is 0.160. The van der Waals surface area contributed by atoms with Crippen LogP contribution in [0.1, 0.15) is 0 Å². The van der Waals surface area contributed by atoms with Gasteiger partial charge < -0.3 is 15.1 Å². The van der Waals surface area contributed by atoms with Crippen molar-refractivity contribution in [2.75, 3.05) is 45.6 Å². The highest BCUT2D eigenvalue weighted by molar-refractivity contribution is 6.26. The van der Waals surface area contributed by atoms with Crippen molar-refractivity contribution < 1.29 is 13.6 Å². The highest BCUT2D eigenvalue weighted by Gasteiger charge is 2.39. The SMILES string of the molecule is CNc1c(N=CC(=O)N2CC3CN(C)CC3C2)ccc(F)c1F. The number of hydrogen-bond acceptors (Lipinski definition) is 4. The van der Waals surface area contributed by atoms with Crippen molar-refractivity contribution in [3.63, 3.8) is 0 Å². The highest BCUT2D eigenvalue weighted by Crippen LogP contribution is 2.31. The summed E-state index contributed by atoms with van der Waals surface area (Å²) in [5, 5.41) is 2.58. The summed E-state index contributed by atoms with van der Waals surface area (Å²) in [7, 11) is 3.57. The van der Waals surface area contributed by atoms with Crippen LogP contribution >= 0.6 is 0 Å². The number of halogens is 2. The lowest BCUT2D eigenvalue weighted by molar-refractivity contribution is -0.123.